The van der Waals surface area contributed by atoms with Gasteiger partial charge in [-0.2, -0.15) is 0 Å². The number of carboxylic acids is 1. The molecule has 1 unspecified atom stereocenters. The van der Waals surface area contributed by atoms with Gasteiger partial charge in [0.2, 0.25) is 0 Å². The lowest BCUT2D eigenvalue weighted by Gasteiger charge is -2.26. The Morgan fingerprint density at radius 3 is 2.20 bits per heavy atom. The van der Waals surface area contributed by atoms with Crippen LogP contribution in [0, 0.1) is 0 Å². The second-order valence-electron chi connectivity index (χ2n) is 4.23. The molecule has 20 heavy (non-hydrogen) atoms. The van der Waals surface area contributed by atoms with E-state index in [-0.39, 0.29) is 26.1 Å². The highest BCUT2D eigenvalue weighted by molar-refractivity contribution is 7.54. The number of carboxylic acid groups (broad SMARTS) is 1. The summed E-state index contributed by atoms with van der Waals surface area (Å²) in [5.41, 5.74) is 0.221. The molecule has 6 heteroatoms. The van der Waals surface area contributed by atoms with Crippen LogP contribution in [0.25, 0.3) is 0 Å². The summed E-state index contributed by atoms with van der Waals surface area (Å²) in [6, 6.07) is 9.13. The molecule has 5 nitrogen and oxygen atoms in total. The van der Waals surface area contributed by atoms with Crippen LogP contribution in [-0.4, -0.2) is 24.3 Å². The molecule has 0 amide bonds. The first kappa shape index (κ1) is 16.9. The molecule has 1 N–H and O–H groups in total. The molecule has 0 saturated carbocycles. The lowest BCUT2D eigenvalue weighted by molar-refractivity contribution is -0.137. The van der Waals surface area contributed by atoms with E-state index in [0.717, 1.165) is 5.56 Å². The number of aliphatic carboxylic acids is 1. The molecule has 0 aliphatic heterocycles. The summed E-state index contributed by atoms with van der Waals surface area (Å²) >= 11 is 0. The van der Waals surface area contributed by atoms with E-state index in [1.165, 1.54) is 0 Å². The molecule has 0 aliphatic rings. The van der Waals surface area contributed by atoms with Crippen molar-refractivity contribution in [3.05, 3.63) is 35.9 Å². The van der Waals surface area contributed by atoms with E-state index in [1.807, 2.05) is 30.3 Å². The summed E-state index contributed by atoms with van der Waals surface area (Å²) in [5, 5.41) is 8.86. The smallest absolute Gasteiger partial charge is 0.338 e. The van der Waals surface area contributed by atoms with Crippen LogP contribution in [-0.2, 0) is 18.4 Å². The fourth-order valence-corrected chi connectivity index (χ4v) is 4.16. The van der Waals surface area contributed by atoms with Gasteiger partial charge < -0.3 is 14.2 Å². The lowest BCUT2D eigenvalue weighted by atomic mass is 10.1. The zero-order chi connectivity index (χ0) is 15.0. The van der Waals surface area contributed by atoms with Gasteiger partial charge in [-0.25, -0.2) is 0 Å². The number of carbonyl (C=O) groups is 1. The summed E-state index contributed by atoms with van der Waals surface area (Å²) in [6.07, 6.45) is 0.139. The van der Waals surface area contributed by atoms with Crippen LogP contribution in [0.15, 0.2) is 30.3 Å². The number of hydrogen-bond acceptors (Lipinski definition) is 4. The average molecular weight is 300 g/mol. The first-order chi connectivity index (χ1) is 9.53. The molecule has 112 valence electrons. The summed E-state index contributed by atoms with van der Waals surface area (Å²) in [5.74, 6) is -0.925. The molecular weight excluding hydrogens is 279 g/mol. The van der Waals surface area contributed by atoms with Gasteiger partial charge in [-0.15, -0.1) is 0 Å². The van der Waals surface area contributed by atoms with Gasteiger partial charge in [0.15, 0.2) is 0 Å². The molecular formula is C14H21O5P. The topological polar surface area (TPSA) is 72.8 Å². The average Bonchev–Trinajstić information content (AvgIpc) is 2.40. The second kappa shape index (κ2) is 8.20. The molecule has 1 rings (SSSR count). The van der Waals surface area contributed by atoms with Crippen LogP contribution in [0.4, 0.5) is 0 Å². The third-order valence-corrected chi connectivity index (χ3v) is 5.37. The van der Waals surface area contributed by atoms with Crippen LogP contribution in [0.1, 0.15) is 37.9 Å². The van der Waals surface area contributed by atoms with E-state index in [4.69, 9.17) is 14.2 Å². The minimum atomic E-state index is -3.37. The first-order valence-corrected chi connectivity index (χ1v) is 8.30. The minimum absolute atomic E-state index is 0.0797. The highest BCUT2D eigenvalue weighted by atomic mass is 31.2. The summed E-state index contributed by atoms with van der Waals surface area (Å²) in [7, 11) is -3.37. The third-order valence-electron chi connectivity index (χ3n) is 2.82. The van der Waals surface area contributed by atoms with Gasteiger partial charge in [0.1, 0.15) is 0 Å². The molecule has 1 aromatic rings. The highest BCUT2D eigenvalue weighted by Crippen LogP contribution is 2.62. The molecule has 0 aromatic heterocycles. The highest BCUT2D eigenvalue weighted by Gasteiger charge is 2.36. The first-order valence-electron chi connectivity index (χ1n) is 6.69. The quantitative estimate of drug-likeness (QED) is 0.701. The maximum absolute atomic E-state index is 12.9. The van der Waals surface area contributed by atoms with Gasteiger partial charge in [-0.05, 0) is 25.8 Å². The Labute approximate surface area is 119 Å². The molecule has 0 fully saturated rings. The Balaban J connectivity index is 3.07. The van der Waals surface area contributed by atoms with E-state index in [9.17, 15) is 9.36 Å². The van der Waals surface area contributed by atoms with Gasteiger partial charge in [0, 0.05) is 6.42 Å². The Kier molecular flexibility index (Phi) is 6.93. The van der Waals surface area contributed by atoms with Crippen molar-refractivity contribution < 1.29 is 23.5 Å². The van der Waals surface area contributed by atoms with E-state index < -0.39 is 19.2 Å². The normalized spacial score (nSPS) is 13.1. The molecule has 0 bridgehead atoms. The standard InChI is InChI=1S/C14H21O5P/c1-3-18-20(17,19-4-2)13(10-11-14(15)16)12-8-6-5-7-9-12/h5-9,13H,3-4,10-11H2,1-2H3,(H,15,16). The fourth-order valence-electron chi connectivity index (χ4n) is 2.02. The van der Waals surface area contributed by atoms with Crippen LogP contribution in [0.3, 0.4) is 0 Å². The Hall–Kier alpha value is -1.16. The van der Waals surface area contributed by atoms with Crippen molar-refractivity contribution in [2.75, 3.05) is 13.2 Å². The fraction of sp³-hybridized carbons (Fsp3) is 0.500. The molecule has 0 spiro atoms. The van der Waals surface area contributed by atoms with Gasteiger partial charge in [-0.3, -0.25) is 9.36 Å². The predicted octanol–water partition coefficient (Wildman–Crippen LogP) is 3.86. The number of hydrogen-bond donors (Lipinski definition) is 1. The van der Waals surface area contributed by atoms with E-state index >= 15 is 0 Å². The minimum Gasteiger partial charge on any atom is -0.481 e. The molecule has 1 atom stereocenters. The van der Waals surface area contributed by atoms with Crippen molar-refractivity contribution in [3.8, 4) is 0 Å². The van der Waals surface area contributed by atoms with Crippen molar-refractivity contribution in [1.29, 1.82) is 0 Å². The van der Waals surface area contributed by atoms with E-state index in [2.05, 4.69) is 0 Å². The molecule has 1 aromatic carbocycles. The SMILES string of the molecule is CCOP(=O)(OCC)C(CCC(=O)O)c1ccccc1. The monoisotopic (exact) mass is 300 g/mol. The van der Waals surface area contributed by atoms with Crippen LogP contribution in [0.5, 0.6) is 0 Å². The number of rotatable bonds is 9. The summed E-state index contributed by atoms with van der Waals surface area (Å²) in [6.45, 7) is 4.00. The summed E-state index contributed by atoms with van der Waals surface area (Å²) < 4.78 is 23.6. The van der Waals surface area contributed by atoms with Gasteiger partial charge in [0.05, 0.1) is 18.9 Å². The van der Waals surface area contributed by atoms with Gasteiger partial charge in [-0.1, -0.05) is 30.3 Å². The largest absolute Gasteiger partial charge is 0.481 e. The third kappa shape index (κ3) is 4.75. The summed E-state index contributed by atoms with van der Waals surface area (Å²) in [4.78, 5) is 10.8. The van der Waals surface area contributed by atoms with Crippen molar-refractivity contribution in [3.63, 3.8) is 0 Å². The number of benzene rings is 1. The van der Waals surface area contributed by atoms with E-state index in [0.29, 0.717) is 0 Å². The Morgan fingerprint density at radius 1 is 1.20 bits per heavy atom. The van der Waals surface area contributed by atoms with Gasteiger partial charge >= 0.3 is 13.6 Å². The molecule has 0 saturated heterocycles. The second-order valence-corrected chi connectivity index (χ2v) is 6.45. The van der Waals surface area contributed by atoms with Crippen molar-refractivity contribution in [2.45, 2.75) is 32.3 Å². The van der Waals surface area contributed by atoms with Crippen molar-refractivity contribution in [2.24, 2.45) is 0 Å². The predicted molar refractivity (Wildman–Crippen MR) is 76.9 cm³/mol. The van der Waals surface area contributed by atoms with Crippen LogP contribution < -0.4 is 0 Å². The van der Waals surface area contributed by atoms with Crippen molar-refractivity contribution in [1.82, 2.24) is 0 Å². The Morgan fingerprint density at radius 2 is 1.75 bits per heavy atom. The van der Waals surface area contributed by atoms with Crippen LogP contribution >= 0.6 is 7.60 Å². The van der Waals surface area contributed by atoms with Crippen molar-refractivity contribution >= 4 is 13.6 Å². The van der Waals surface area contributed by atoms with Gasteiger partial charge in [0.25, 0.3) is 0 Å². The molecule has 0 heterocycles. The Bertz CT molecular complexity index is 450. The maximum atomic E-state index is 12.9. The molecule has 0 radical (unpaired) electrons. The zero-order valence-electron chi connectivity index (χ0n) is 11.8. The lowest BCUT2D eigenvalue weighted by Crippen LogP contribution is -2.09. The zero-order valence-corrected chi connectivity index (χ0v) is 12.7. The molecule has 0 aliphatic carbocycles. The van der Waals surface area contributed by atoms with E-state index in [1.54, 1.807) is 13.8 Å². The van der Waals surface area contributed by atoms with Crippen LogP contribution in [0.2, 0.25) is 0 Å². The maximum Gasteiger partial charge on any atom is 0.338 e.